The number of carbonyl (C=O) groups is 2. The molecule has 154 valence electrons. The summed E-state index contributed by atoms with van der Waals surface area (Å²) in [6, 6.07) is 13.6. The van der Waals surface area contributed by atoms with Crippen molar-refractivity contribution in [2.24, 2.45) is 0 Å². The lowest BCUT2D eigenvalue weighted by Crippen LogP contribution is -2.36. The summed E-state index contributed by atoms with van der Waals surface area (Å²) in [6.07, 6.45) is 0.593. The third kappa shape index (κ3) is 5.26. The van der Waals surface area contributed by atoms with Gasteiger partial charge in [0.25, 0.3) is 5.91 Å². The fourth-order valence-electron chi connectivity index (χ4n) is 2.98. The normalized spacial score (nSPS) is 15.0. The first-order valence-corrected chi connectivity index (χ1v) is 10.8. The van der Waals surface area contributed by atoms with Crippen molar-refractivity contribution < 1.29 is 22.7 Å². The maximum absolute atomic E-state index is 12.2. The lowest BCUT2D eigenvalue weighted by Gasteiger charge is -2.17. The minimum Gasteiger partial charge on any atom is -0.497 e. The van der Waals surface area contributed by atoms with Crippen molar-refractivity contribution in [2.75, 3.05) is 30.3 Å². The molecule has 29 heavy (non-hydrogen) atoms. The summed E-state index contributed by atoms with van der Waals surface area (Å²) < 4.78 is 30.3. The second-order valence-electron chi connectivity index (χ2n) is 6.60. The van der Waals surface area contributed by atoms with Gasteiger partial charge in [0.05, 0.1) is 25.1 Å². The molecular formula is C20H23N3O5S. The molecule has 0 unspecified atom stereocenters. The van der Waals surface area contributed by atoms with E-state index in [4.69, 9.17) is 4.74 Å². The van der Waals surface area contributed by atoms with Crippen LogP contribution in [0.3, 0.4) is 0 Å². The Morgan fingerprint density at radius 2 is 1.72 bits per heavy atom. The summed E-state index contributed by atoms with van der Waals surface area (Å²) in [4.78, 5) is 24.2. The predicted molar refractivity (Wildman–Crippen MR) is 109 cm³/mol. The van der Waals surface area contributed by atoms with Crippen LogP contribution in [0.4, 0.5) is 5.69 Å². The highest BCUT2D eigenvalue weighted by atomic mass is 32.2. The van der Waals surface area contributed by atoms with Crippen molar-refractivity contribution in [2.45, 2.75) is 13.0 Å². The number of nitrogens with one attached hydrogen (secondary N) is 2. The van der Waals surface area contributed by atoms with E-state index >= 15 is 0 Å². The molecule has 0 spiro atoms. The molecule has 2 aromatic rings. The van der Waals surface area contributed by atoms with Crippen LogP contribution in [0.2, 0.25) is 0 Å². The van der Waals surface area contributed by atoms with E-state index in [0.29, 0.717) is 30.8 Å². The van der Waals surface area contributed by atoms with Gasteiger partial charge in [0, 0.05) is 18.7 Å². The number of nitrogens with zero attached hydrogens (tertiary/aromatic N) is 1. The van der Waals surface area contributed by atoms with Crippen LogP contribution in [0.1, 0.15) is 22.3 Å². The quantitative estimate of drug-likeness (QED) is 0.706. The summed E-state index contributed by atoms with van der Waals surface area (Å²) in [7, 11) is -1.67. The molecule has 8 nitrogen and oxygen atoms in total. The molecule has 2 aromatic carbocycles. The average molecular weight is 417 g/mol. The highest BCUT2D eigenvalue weighted by molar-refractivity contribution is 7.93. The van der Waals surface area contributed by atoms with Crippen molar-refractivity contribution in [3.05, 3.63) is 59.7 Å². The van der Waals surface area contributed by atoms with Crippen molar-refractivity contribution in [1.29, 1.82) is 0 Å². The minimum absolute atomic E-state index is 0.140. The molecule has 0 aromatic heterocycles. The Labute approximate surface area is 169 Å². The third-order valence-electron chi connectivity index (χ3n) is 4.57. The van der Waals surface area contributed by atoms with Gasteiger partial charge in [0.1, 0.15) is 5.75 Å². The van der Waals surface area contributed by atoms with Crippen LogP contribution in [0.25, 0.3) is 0 Å². The first-order valence-electron chi connectivity index (χ1n) is 9.17. The van der Waals surface area contributed by atoms with Gasteiger partial charge in [-0.3, -0.25) is 13.9 Å². The van der Waals surface area contributed by atoms with Gasteiger partial charge in [-0.05, 0) is 48.4 Å². The maximum Gasteiger partial charge on any atom is 0.251 e. The Morgan fingerprint density at radius 1 is 1.03 bits per heavy atom. The van der Waals surface area contributed by atoms with E-state index in [-0.39, 0.29) is 18.2 Å². The molecule has 1 heterocycles. The summed E-state index contributed by atoms with van der Waals surface area (Å²) >= 11 is 0. The molecule has 3 rings (SSSR count). The number of anilines is 1. The molecule has 9 heteroatoms. The van der Waals surface area contributed by atoms with Crippen LogP contribution in [0.15, 0.2) is 48.5 Å². The Morgan fingerprint density at radius 3 is 2.31 bits per heavy atom. The maximum atomic E-state index is 12.2. The van der Waals surface area contributed by atoms with E-state index in [1.807, 2.05) is 12.1 Å². The fourth-order valence-corrected chi connectivity index (χ4v) is 4.54. The Bertz CT molecular complexity index is 972. The van der Waals surface area contributed by atoms with Gasteiger partial charge in [-0.25, -0.2) is 8.42 Å². The van der Waals surface area contributed by atoms with Crippen LogP contribution in [-0.4, -0.2) is 46.2 Å². The fraction of sp³-hybridized carbons (Fsp3) is 0.300. The molecule has 2 N–H and O–H groups in total. The number of rotatable bonds is 7. The average Bonchev–Trinajstić information content (AvgIpc) is 3.09. The van der Waals surface area contributed by atoms with E-state index in [1.165, 1.54) is 4.31 Å². The molecule has 0 aliphatic carbocycles. The highest BCUT2D eigenvalue weighted by Crippen LogP contribution is 2.24. The molecule has 0 bridgehead atoms. The molecule has 0 radical (unpaired) electrons. The monoisotopic (exact) mass is 417 g/mol. The lowest BCUT2D eigenvalue weighted by molar-refractivity contribution is -0.120. The molecule has 2 amide bonds. The van der Waals surface area contributed by atoms with Crippen molar-refractivity contribution in [1.82, 2.24) is 10.6 Å². The zero-order chi connectivity index (χ0) is 20.9. The van der Waals surface area contributed by atoms with Crippen LogP contribution < -0.4 is 19.7 Å². The van der Waals surface area contributed by atoms with Gasteiger partial charge < -0.3 is 15.4 Å². The number of methoxy groups -OCH3 is 1. The smallest absolute Gasteiger partial charge is 0.251 e. The SMILES string of the molecule is COc1ccc(CNC(=O)CNC(=O)c2ccc(N3CCCS3(=O)=O)cc2)cc1. The zero-order valence-corrected chi connectivity index (χ0v) is 16.9. The van der Waals surface area contributed by atoms with Gasteiger partial charge in [-0.15, -0.1) is 0 Å². The predicted octanol–water partition coefficient (Wildman–Crippen LogP) is 1.28. The second kappa shape index (κ2) is 8.95. The van der Waals surface area contributed by atoms with Crippen molar-refractivity contribution in [3.63, 3.8) is 0 Å². The Balaban J connectivity index is 1.47. The topological polar surface area (TPSA) is 105 Å². The molecule has 1 saturated heterocycles. The molecular weight excluding hydrogens is 394 g/mol. The second-order valence-corrected chi connectivity index (χ2v) is 8.61. The number of sulfonamides is 1. The highest BCUT2D eigenvalue weighted by Gasteiger charge is 2.28. The first kappa shape index (κ1) is 20.7. The Kier molecular flexibility index (Phi) is 6.38. The van der Waals surface area contributed by atoms with Crippen LogP contribution in [0.5, 0.6) is 5.75 Å². The number of amides is 2. The first-order chi connectivity index (χ1) is 13.9. The van der Waals surface area contributed by atoms with Crippen LogP contribution >= 0.6 is 0 Å². The standard InChI is InChI=1S/C20H23N3O5S/c1-28-18-9-3-15(4-10-18)13-21-19(24)14-22-20(25)16-5-7-17(8-6-16)23-11-2-12-29(23,26)27/h3-10H,2,11-14H2,1H3,(H,21,24)(H,22,25). The van der Waals surface area contributed by atoms with Gasteiger partial charge in [0.15, 0.2) is 0 Å². The molecule has 0 atom stereocenters. The Hall–Kier alpha value is -3.07. The molecule has 1 fully saturated rings. The number of ether oxygens (including phenoxy) is 1. The number of carbonyl (C=O) groups excluding carboxylic acids is 2. The summed E-state index contributed by atoms with van der Waals surface area (Å²) in [5.41, 5.74) is 1.81. The third-order valence-corrected chi connectivity index (χ3v) is 6.44. The van der Waals surface area contributed by atoms with E-state index in [1.54, 1.807) is 43.5 Å². The molecule has 1 aliphatic heterocycles. The van der Waals surface area contributed by atoms with Gasteiger partial charge in [-0.2, -0.15) is 0 Å². The largest absolute Gasteiger partial charge is 0.497 e. The van der Waals surface area contributed by atoms with E-state index in [2.05, 4.69) is 10.6 Å². The summed E-state index contributed by atoms with van der Waals surface area (Å²) in [6.45, 7) is 0.636. The number of benzene rings is 2. The van der Waals surface area contributed by atoms with E-state index in [0.717, 1.165) is 11.3 Å². The summed E-state index contributed by atoms with van der Waals surface area (Å²) in [5.74, 6) is 0.163. The van der Waals surface area contributed by atoms with Crippen molar-refractivity contribution in [3.8, 4) is 5.75 Å². The van der Waals surface area contributed by atoms with Crippen LogP contribution in [0, 0.1) is 0 Å². The van der Waals surface area contributed by atoms with Gasteiger partial charge in [-0.1, -0.05) is 12.1 Å². The minimum atomic E-state index is -3.26. The van der Waals surface area contributed by atoms with E-state index < -0.39 is 15.9 Å². The van der Waals surface area contributed by atoms with Crippen LogP contribution in [-0.2, 0) is 21.4 Å². The number of hydrogen-bond donors (Lipinski definition) is 2. The van der Waals surface area contributed by atoms with Crippen molar-refractivity contribution >= 4 is 27.5 Å². The van der Waals surface area contributed by atoms with Gasteiger partial charge in [0.2, 0.25) is 15.9 Å². The number of hydrogen-bond acceptors (Lipinski definition) is 5. The molecule has 1 aliphatic rings. The summed E-state index contributed by atoms with van der Waals surface area (Å²) in [5, 5.41) is 5.29. The van der Waals surface area contributed by atoms with E-state index in [9.17, 15) is 18.0 Å². The van der Waals surface area contributed by atoms with Gasteiger partial charge >= 0.3 is 0 Å². The molecule has 0 saturated carbocycles. The zero-order valence-electron chi connectivity index (χ0n) is 16.1. The lowest BCUT2D eigenvalue weighted by atomic mass is 10.2.